The molecule has 7 nitrogen and oxygen atoms in total. The summed E-state index contributed by atoms with van der Waals surface area (Å²) in [5, 5.41) is 0. The molecule has 0 amide bonds. The molecule has 7 heteroatoms. The van der Waals surface area contributed by atoms with E-state index in [1.165, 1.54) is 26.3 Å². The number of pyridine rings is 1. The van der Waals surface area contributed by atoms with Crippen LogP contribution in [0.3, 0.4) is 0 Å². The molecule has 0 atom stereocenters. The monoisotopic (exact) mass is 306 g/mol. The number of aliphatic imine (C=N–C) groups is 1. The Morgan fingerprint density at radius 3 is 2.55 bits per heavy atom. The molecular formula is C15H18N2O5. The average Bonchev–Trinajstić information content (AvgIpc) is 2.44. The van der Waals surface area contributed by atoms with Crippen molar-refractivity contribution in [1.29, 1.82) is 0 Å². The molecule has 2 rings (SSSR count). The summed E-state index contributed by atoms with van der Waals surface area (Å²) < 4.78 is 15.2. The molecule has 0 aromatic carbocycles. The normalized spacial score (nSPS) is 18.2. The van der Waals surface area contributed by atoms with Gasteiger partial charge in [-0.05, 0) is 12.5 Å². The lowest BCUT2D eigenvalue weighted by atomic mass is 10.1. The number of hydrogen-bond donors (Lipinski definition) is 0. The van der Waals surface area contributed by atoms with Crippen molar-refractivity contribution in [2.24, 2.45) is 10.9 Å². The van der Waals surface area contributed by atoms with Gasteiger partial charge in [-0.25, -0.2) is 4.98 Å². The second kappa shape index (κ2) is 6.13. The molecular weight excluding hydrogens is 288 g/mol. The van der Waals surface area contributed by atoms with Crippen LogP contribution in [0.25, 0.3) is 0 Å². The SMILES string of the molecule is CCc1cc(N=CC2C(=O)OC(C)(C)OC2=O)cnc1OC. The van der Waals surface area contributed by atoms with E-state index in [4.69, 9.17) is 14.2 Å². The fourth-order valence-corrected chi connectivity index (χ4v) is 2.00. The predicted octanol–water partition coefficient (Wildman–Crippen LogP) is 1.81. The van der Waals surface area contributed by atoms with Gasteiger partial charge in [0.15, 0.2) is 5.92 Å². The molecule has 118 valence electrons. The molecule has 2 heterocycles. The third-order valence-electron chi connectivity index (χ3n) is 3.06. The van der Waals surface area contributed by atoms with E-state index in [1.54, 1.807) is 13.2 Å². The Kier molecular flexibility index (Phi) is 4.44. The Bertz CT molecular complexity index is 604. The zero-order chi connectivity index (χ0) is 16.3. The molecule has 0 unspecified atom stereocenters. The topological polar surface area (TPSA) is 87.1 Å². The molecule has 0 radical (unpaired) electrons. The van der Waals surface area contributed by atoms with Crippen LogP contribution in [0.4, 0.5) is 5.69 Å². The van der Waals surface area contributed by atoms with Crippen LogP contribution in [0.1, 0.15) is 26.3 Å². The standard InChI is InChI=1S/C15H18N2O5/c1-5-9-6-10(7-17-12(9)20-4)16-8-11-13(18)21-15(2,3)22-14(11)19/h6-8,11H,5H2,1-4H3. The fraction of sp³-hybridized carbons (Fsp3) is 0.467. The van der Waals surface area contributed by atoms with Gasteiger partial charge in [0.1, 0.15) is 0 Å². The van der Waals surface area contributed by atoms with Crippen molar-refractivity contribution in [2.45, 2.75) is 33.0 Å². The minimum atomic E-state index is -1.24. The second-order valence-electron chi connectivity index (χ2n) is 5.21. The van der Waals surface area contributed by atoms with E-state index in [9.17, 15) is 9.59 Å². The number of rotatable bonds is 4. The molecule has 1 aromatic rings. The number of cyclic esters (lactones) is 2. The highest BCUT2D eigenvalue weighted by Crippen LogP contribution is 2.24. The first-order valence-electron chi connectivity index (χ1n) is 6.89. The van der Waals surface area contributed by atoms with Crippen LogP contribution in [0, 0.1) is 5.92 Å². The smallest absolute Gasteiger partial charge is 0.329 e. The van der Waals surface area contributed by atoms with Crippen molar-refractivity contribution in [2.75, 3.05) is 7.11 Å². The Labute approximate surface area is 128 Å². The molecule has 0 spiro atoms. The van der Waals surface area contributed by atoms with Gasteiger partial charge < -0.3 is 14.2 Å². The zero-order valence-corrected chi connectivity index (χ0v) is 13.0. The van der Waals surface area contributed by atoms with Crippen LogP contribution < -0.4 is 4.74 Å². The van der Waals surface area contributed by atoms with Crippen molar-refractivity contribution in [3.05, 3.63) is 17.8 Å². The minimum Gasteiger partial charge on any atom is -0.481 e. The summed E-state index contributed by atoms with van der Waals surface area (Å²) in [6.45, 7) is 4.96. The number of methoxy groups -OCH3 is 1. The van der Waals surface area contributed by atoms with E-state index in [0.717, 1.165) is 12.0 Å². The number of nitrogens with zero attached hydrogens (tertiary/aromatic N) is 2. The van der Waals surface area contributed by atoms with Crippen LogP contribution >= 0.6 is 0 Å². The molecule has 0 N–H and O–H groups in total. The maximum absolute atomic E-state index is 11.8. The summed E-state index contributed by atoms with van der Waals surface area (Å²) >= 11 is 0. The highest BCUT2D eigenvalue weighted by atomic mass is 16.7. The molecule has 1 aromatic heterocycles. The molecule has 0 bridgehead atoms. The largest absolute Gasteiger partial charge is 0.481 e. The fourth-order valence-electron chi connectivity index (χ4n) is 2.00. The Morgan fingerprint density at radius 1 is 1.36 bits per heavy atom. The summed E-state index contributed by atoms with van der Waals surface area (Å²) in [6, 6.07) is 1.78. The van der Waals surface area contributed by atoms with Crippen molar-refractivity contribution < 1.29 is 23.8 Å². The first-order valence-corrected chi connectivity index (χ1v) is 6.89. The van der Waals surface area contributed by atoms with E-state index in [-0.39, 0.29) is 0 Å². The molecule has 0 aliphatic carbocycles. The first-order chi connectivity index (χ1) is 10.4. The van der Waals surface area contributed by atoms with Crippen molar-refractivity contribution in [1.82, 2.24) is 4.98 Å². The van der Waals surface area contributed by atoms with E-state index >= 15 is 0 Å². The number of aromatic nitrogens is 1. The Balaban J connectivity index is 2.18. The molecule has 1 saturated heterocycles. The van der Waals surface area contributed by atoms with Gasteiger partial charge in [-0.15, -0.1) is 0 Å². The van der Waals surface area contributed by atoms with Crippen LogP contribution in [0.15, 0.2) is 17.3 Å². The summed E-state index contributed by atoms with van der Waals surface area (Å²) in [5.41, 5.74) is 1.40. The highest BCUT2D eigenvalue weighted by molar-refractivity contribution is 6.10. The van der Waals surface area contributed by atoms with Crippen LogP contribution in [-0.2, 0) is 25.5 Å². The Morgan fingerprint density at radius 2 is 2.00 bits per heavy atom. The van der Waals surface area contributed by atoms with Gasteiger partial charge in [-0.1, -0.05) is 6.92 Å². The van der Waals surface area contributed by atoms with Gasteiger partial charge in [-0.2, -0.15) is 0 Å². The van der Waals surface area contributed by atoms with E-state index in [0.29, 0.717) is 11.6 Å². The van der Waals surface area contributed by atoms with Crippen molar-refractivity contribution >= 4 is 23.8 Å². The minimum absolute atomic E-state index is 0.517. The zero-order valence-electron chi connectivity index (χ0n) is 13.0. The maximum atomic E-state index is 11.8. The maximum Gasteiger partial charge on any atom is 0.329 e. The number of esters is 2. The molecule has 0 saturated carbocycles. The summed E-state index contributed by atoms with van der Waals surface area (Å²) in [6.07, 6.45) is 3.43. The number of hydrogen-bond acceptors (Lipinski definition) is 7. The van der Waals surface area contributed by atoms with Gasteiger partial charge in [0.05, 0.1) is 19.0 Å². The summed E-state index contributed by atoms with van der Waals surface area (Å²) in [7, 11) is 1.54. The first kappa shape index (κ1) is 15.9. The molecule has 22 heavy (non-hydrogen) atoms. The summed E-state index contributed by atoms with van der Waals surface area (Å²) in [4.78, 5) is 31.9. The van der Waals surface area contributed by atoms with Gasteiger partial charge in [0.25, 0.3) is 5.79 Å². The quantitative estimate of drug-likeness (QED) is 0.479. The van der Waals surface area contributed by atoms with E-state index in [1.807, 2.05) is 6.92 Å². The molecule has 1 aliphatic heterocycles. The van der Waals surface area contributed by atoms with Gasteiger partial charge in [0, 0.05) is 25.6 Å². The van der Waals surface area contributed by atoms with E-state index < -0.39 is 23.6 Å². The third-order valence-corrected chi connectivity index (χ3v) is 3.06. The third kappa shape index (κ3) is 3.41. The van der Waals surface area contributed by atoms with Gasteiger partial charge in [-0.3, -0.25) is 14.6 Å². The molecule has 1 aliphatic rings. The molecule has 1 fully saturated rings. The lowest BCUT2D eigenvalue weighted by Crippen LogP contribution is -2.46. The van der Waals surface area contributed by atoms with Crippen LogP contribution in [-0.4, -0.2) is 36.0 Å². The van der Waals surface area contributed by atoms with Crippen LogP contribution in [0.2, 0.25) is 0 Å². The highest BCUT2D eigenvalue weighted by Gasteiger charge is 2.42. The Hall–Kier alpha value is -2.44. The number of aryl methyl sites for hydroxylation is 1. The number of carbonyl (C=O) groups excluding carboxylic acids is 2. The second-order valence-corrected chi connectivity index (χ2v) is 5.21. The van der Waals surface area contributed by atoms with Crippen molar-refractivity contribution in [3.8, 4) is 5.88 Å². The average molecular weight is 306 g/mol. The van der Waals surface area contributed by atoms with E-state index in [2.05, 4.69) is 9.98 Å². The van der Waals surface area contributed by atoms with Gasteiger partial charge >= 0.3 is 11.9 Å². The number of ether oxygens (including phenoxy) is 3. The number of carbonyl (C=O) groups is 2. The van der Waals surface area contributed by atoms with Crippen molar-refractivity contribution in [3.63, 3.8) is 0 Å². The van der Waals surface area contributed by atoms with Crippen LogP contribution in [0.5, 0.6) is 5.88 Å². The predicted molar refractivity (Wildman–Crippen MR) is 78.1 cm³/mol. The lowest BCUT2D eigenvalue weighted by Gasteiger charge is -2.31. The van der Waals surface area contributed by atoms with Gasteiger partial charge in [0.2, 0.25) is 5.88 Å². The summed E-state index contributed by atoms with van der Waals surface area (Å²) in [5.74, 6) is -3.24. The lowest BCUT2D eigenvalue weighted by molar-refractivity contribution is -0.235.